The maximum Gasteiger partial charge on any atom is 0.328 e. The Balaban J connectivity index is 2.29. The van der Waals surface area contributed by atoms with E-state index in [2.05, 4.69) is 20.9 Å². The Labute approximate surface area is 130 Å². The molecule has 1 aliphatic heterocycles. The Morgan fingerprint density at radius 2 is 2.38 bits per heavy atom. The summed E-state index contributed by atoms with van der Waals surface area (Å²) in [7, 11) is 0. The summed E-state index contributed by atoms with van der Waals surface area (Å²) < 4.78 is 5.61. The van der Waals surface area contributed by atoms with Gasteiger partial charge in [-0.05, 0) is 42.1 Å². The van der Waals surface area contributed by atoms with Crippen molar-refractivity contribution in [2.24, 2.45) is 0 Å². The molecule has 0 bridgehead atoms. The van der Waals surface area contributed by atoms with E-state index in [0.29, 0.717) is 29.9 Å². The third-order valence-corrected chi connectivity index (χ3v) is 3.94. The minimum Gasteiger partial charge on any atom is -0.464 e. The van der Waals surface area contributed by atoms with Crippen molar-refractivity contribution in [3.8, 4) is 0 Å². The van der Waals surface area contributed by atoms with Crippen LogP contribution in [0.15, 0.2) is 16.7 Å². The monoisotopic (exact) mass is 357 g/mol. The van der Waals surface area contributed by atoms with Crippen LogP contribution in [0.3, 0.4) is 0 Å². The van der Waals surface area contributed by atoms with Gasteiger partial charge in [0.2, 0.25) is 0 Å². The zero-order valence-corrected chi connectivity index (χ0v) is 13.2. The SMILES string of the molecule is CCOC(=O)C1CCCCN1c1ncc([N+](=O)[O-])cc1Br. The smallest absolute Gasteiger partial charge is 0.328 e. The second-order valence-corrected chi connectivity index (χ2v) is 5.57. The lowest BCUT2D eigenvalue weighted by molar-refractivity contribution is -0.385. The molecule has 2 rings (SSSR count). The van der Waals surface area contributed by atoms with Gasteiger partial charge in [-0.15, -0.1) is 0 Å². The van der Waals surface area contributed by atoms with Crippen molar-refractivity contribution >= 4 is 33.4 Å². The number of nitrogens with zero attached hydrogens (tertiary/aromatic N) is 3. The Morgan fingerprint density at radius 3 is 3.00 bits per heavy atom. The number of esters is 1. The van der Waals surface area contributed by atoms with Gasteiger partial charge < -0.3 is 9.64 Å². The van der Waals surface area contributed by atoms with Crippen LogP contribution in [-0.2, 0) is 9.53 Å². The van der Waals surface area contributed by atoms with Gasteiger partial charge in [0.25, 0.3) is 5.69 Å². The summed E-state index contributed by atoms with van der Waals surface area (Å²) >= 11 is 3.31. The lowest BCUT2D eigenvalue weighted by atomic mass is 10.0. The molecule has 21 heavy (non-hydrogen) atoms. The van der Waals surface area contributed by atoms with Crippen molar-refractivity contribution in [3.05, 3.63) is 26.9 Å². The maximum absolute atomic E-state index is 12.1. The molecule has 114 valence electrons. The van der Waals surface area contributed by atoms with Gasteiger partial charge in [0.15, 0.2) is 0 Å². The van der Waals surface area contributed by atoms with Gasteiger partial charge in [0, 0.05) is 12.6 Å². The van der Waals surface area contributed by atoms with Crippen LogP contribution in [0.25, 0.3) is 0 Å². The highest BCUT2D eigenvalue weighted by atomic mass is 79.9. The predicted octanol–water partition coefficient (Wildman–Crippen LogP) is 2.67. The topological polar surface area (TPSA) is 85.6 Å². The fraction of sp³-hybridized carbons (Fsp3) is 0.538. The summed E-state index contributed by atoms with van der Waals surface area (Å²) in [6, 6.07) is 1.02. The quantitative estimate of drug-likeness (QED) is 0.467. The van der Waals surface area contributed by atoms with E-state index in [0.717, 1.165) is 12.8 Å². The first-order chi connectivity index (χ1) is 10.0. The predicted molar refractivity (Wildman–Crippen MR) is 80.2 cm³/mol. The molecule has 7 nitrogen and oxygen atoms in total. The van der Waals surface area contributed by atoms with Crippen LogP contribution >= 0.6 is 15.9 Å². The molecule has 1 aromatic heterocycles. The average Bonchev–Trinajstić information content (AvgIpc) is 2.47. The number of nitro groups is 1. The number of anilines is 1. The molecule has 1 saturated heterocycles. The lowest BCUT2D eigenvalue weighted by Gasteiger charge is -2.35. The third kappa shape index (κ3) is 3.49. The third-order valence-electron chi connectivity index (χ3n) is 3.35. The highest BCUT2D eigenvalue weighted by Crippen LogP contribution is 2.32. The summed E-state index contributed by atoms with van der Waals surface area (Å²) in [5, 5.41) is 10.8. The number of carbonyl (C=O) groups is 1. The van der Waals surface area contributed by atoms with E-state index in [-0.39, 0.29) is 17.7 Å². The first-order valence-electron chi connectivity index (χ1n) is 6.77. The first kappa shape index (κ1) is 15.7. The van der Waals surface area contributed by atoms with E-state index in [9.17, 15) is 14.9 Å². The van der Waals surface area contributed by atoms with Crippen molar-refractivity contribution in [3.63, 3.8) is 0 Å². The number of rotatable bonds is 4. The number of piperidine rings is 1. The van der Waals surface area contributed by atoms with Crippen LogP contribution < -0.4 is 4.90 Å². The van der Waals surface area contributed by atoms with Gasteiger partial charge in [-0.1, -0.05) is 0 Å². The number of aromatic nitrogens is 1. The van der Waals surface area contributed by atoms with Crippen molar-refractivity contribution in [1.82, 2.24) is 4.98 Å². The van der Waals surface area contributed by atoms with Crippen LogP contribution in [-0.4, -0.2) is 35.1 Å². The molecule has 0 aliphatic carbocycles. The number of hydrogen-bond donors (Lipinski definition) is 0. The molecule has 8 heteroatoms. The van der Waals surface area contributed by atoms with Gasteiger partial charge >= 0.3 is 5.97 Å². The van der Waals surface area contributed by atoms with Crippen LogP contribution in [0.4, 0.5) is 11.5 Å². The molecule has 0 saturated carbocycles. The van der Waals surface area contributed by atoms with Gasteiger partial charge in [0.1, 0.15) is 18.1 Å². The van der Waals surface area contributed by atoms with Gasteiger partial charge in [-0.2, -0.15) is 0 Å². The summed E-state index contributed by atoms with van der Waals surface area (Å²) in [4.78, 5) is 28.3. The van der Waals surface area contributed by atoms with Crippen molar-refractivity contribution in [2.45, 2.75) is 32.2 Å². The molecule has 1 fully saturated rings. The van der Waals surface area contributed by atoms with E-state index in [4.69, 9.17) is 4.74 Å². The number of hydrogen-bond acceptors (Lipinski definition) is 6. The Morgan fingerprint density at radius 1 is 1.62 bits per heavy atom. The summed E-state index contributed by atoms with van der Waals surface area (Å²) in [5.74, 6) is 0.266. The van der Waals surface area contributed by atoms with E-state index in [1.54, 1.807) is 6.92 Å². The van der Waals surface area contributed by atoms with Gasteiger partial charge in [0.05, 0.1) is 16.0 Å². The molecule has 0 spiro atoms. The fourth-order valence-electron chi connectivity index (χ4n) is 2.40. The van der Waals surface area contributed by atoms with E-state index >= 15 is 0 Å². The molecular formula is C13H16BrN3O4. The van der Waals surface area contributed by atoms with E-state index in [1.807, 2.05) is 4.90 Å². The molecule has 2 heterocycles. The molecule has 0 amide bonds. The molecule has 0 aromatic carbocycles. The molecule has 1 unspecified atom stereocenters. The largest absolute Gasteiger partial charge is 0.464 e. The molecular weight excluding hydrogens is 342 g/mol. The standard InChI is InChI=1S/C13H16BrN3O4/c1-2-21-13(18)11-5-3-4-6-16(11)12-10(14)7-9(8-15-12)17(19)20/h7-8,11H,2-6H2,1H3. The van der Waals surface area contributed by atoms with Crippen molar-refractivity contribution < 1.29 is 14.5 Å². The zero-order valence-electron chi connectivity index (χ0n) is 11.6. The second-order valence-electron chi connectivity index (χ2n) is 4.71. The van der Waals surface area contributed by atoms with Crippen LogP contribution in [0.5, 0.6) is 0 Å². The first-order valence-corrected chi connectivity index (χ1v) is 7.57. The maximum atomic E-state index is 12.1. The van der Waals surface area contributed by atoms with Crippen LogP contribution in [0.2, 0.25) is 0 Å². The number of carbonyl (C=O) groups excluding carboxylic acids is 1. The minimum absolute atomic E-state index is 0.0877. The van der Waals surface area contributed by atoms with Crippen LogP contribution in [0.1, 0.15) is 26.2 Å². The Bertz CT molecular complexity index is 552. The number of halogens is 1. The second kappa shape index (κ2) is 6.84. The van der Waals surface area contributed by atoms with Crippen molar-refractivity contribution in [1.29, 1.82) is 0 Å². The summed E-state index contributed by atoms with van der Waals surface area (Å²) in [6.45, 7) is 2.77. The molecule has 0 radical (unpaired) electrons. The van der Waals surface area contributed by atoms with E-state index < -0.39 is 4.92 Å². The molecule has 0 N–H and O–H groups in total. The number of pyridine rings is 1. The normalized spacial score (nSPS) is 18.4. The van der Waals surface area contributed by atoms with Crippen molar-refractivity contribution in [2.75, 3.05) is 18.1 Å². The highest BCUT2D eigenvalue weighted by Gasteiger charge is 2.32. The molecule has 1 atom stereocenters. The Kier molecular flexibility index (Phi) is 5.11. The average molecular weight is 358 g/mol. The number of ether oxygens (including phenoxy) is 1. The van der Waals surface area contributed by atoms with Crippen LogP contribution in [0, 0.1) is 10.1 Å². The lowest BCUT2D eigenvalue weighted by Crippen LogP contribution is -2.46. The molecule has 1 aliphatic rings. The highest BCUT2D eigenvalue weighted by molar-refractivity contribution is 9.10. The van der Waals surface area contributed by atoms with Gasteiger partial charge in [-0.25, -0.2) is 9.78 Å². The zero-order chi connectivity index (χ0) is 15.4. The fourth-order valence-corrected chi connectivity index (χ4v) is 2.97. The Hall–Kier alpha value is -1.70. The van der Waals surface area contributed by atoms with Gasteiger partial charge in [-0.3, -0.25) is 10.1 Å². The summed E-state index contributed by atoms with van der Waals surface area (Å²) in [6.07, 6.45) is 3.80. The minimum atomic E-state index is -0.499. The molecule has 1 aromatic rings. The summed E-state index contributed by atoms with van der Waals surface area (Å²) in [5.41, 5.74) is -0.0877. The van der Waals surface area contributed by atoms with E-state index in [1.165, 1.54) is 12.3 Å².